The second-order valence-electron chi connectivity index (χ2n) is 7.05. The minimum absolute atomic E-state index is 0.275. The van der Waals surface area contributed by atoms with E-state index < -0.39 is 0 Å². The van der Waals surface area contributed by atoms with Gasteiger partial charge in [-0.2, -0.15) is 4.98 Å². The molecule has 2 aliphatic heterocycles. The van der Waals surface area contributed by atoms with Gasteiger partial charge in [0.15, 0.2) is 11.5 Å². The fraction of sp³-hybridized carbons (Fsp3) is 0.333. The highest BCUT2D eigenvalue weighted by Gasteiger charge is 2.29. The monoisotopic (exact) mass is 381 g/mol. The van der Waals surface area contributed by atoms with Gasteiger partial charge in [-0.3, -0.25) is 4.90 Å². The number of hydrogen-bond donors (Lipinski definition) is 0. The van der Waals surface area contributed by atoms with Crippen molar-refractivity contribution in [3.8, 4) is 22.9 Å². The molecule has 28 heavy (non-hydrogen) atoms. The predicted octanol–water partition coefficient (Wildman–Crippen LogP) is 3.98. The molecule has 2 aliphatic rings. The van der Waals surface area contributed by atoms with Crippen LogP contribution in [0.2, 0.25) is 0 Å². The van der Waals surface area contributed by atoms with E-state index >= 15 is 0 Å². The molecule has 3 heterocycles. The molecule has 0 saturated carbocycles. The molecule has 0 radical (unpaired) electrons. The standard InChI is InChI=1S/C21H20FN3O3/c22-16-6-3-14(4-7-16)21-23-20(28-24-21)13-25-9-1-2-17(25)15-5-8-18-19(12-15)27-11-10-26-18/h3-8,12,17H,1-2,9-11,13H2. The van der Waals surface area contributed by atoms with Gasteiger partial charge in [0, 0.05) is 11.6 Å². The topological polar surface area (TPSA) is 60.6 Å². The molecule has 0 amide bonds. The van der Waals surface area contributed by atoms with E-state index in [1.165, 1.54) is 17.7 Å². The van der Waals surface area contributed by atoms with Crippen LogP contribution in [-0.4, -0.2) is 34.8 Å². The van der Waals surface area contributed by atoms with Gasteiger partial charge in [-0.05, 0) is 61.3 Å². The van der Waals surface area contributed by atoms with Crippen LogP contribution in [0, 0.1) is 5.82 Å². The summed E-state index contributed by atoms with van der Waals surface area (Å²) >= 11 is 0. The quantitative estimate of drug-likeness (QED) is 0.681. The van der Waals surface area contributed by atoms with Crippen LogP contribution < -0.4 is 9.47 Å². The Kier molecular flexibility index (Phi) is 4.44. The van der Waals surface area contributed by atoms with E-state index in [0.29, 0.717) is 31.5 Å². The molecule has 7 heteroatoms. The number of halogens is 1. The van der Waals surface area contributed by atoms with Crippen LogP contribution in [0.4, 0.5) is 4.39 Å². The van der Waals surface area contributed by atoms with Crippen LogP contribution in [0.15, 0.2) is 47.0 Å². The average Bonchev–Trinajstić information content (AvgIpc) is 3.38. The maximum Gasteiger partial charge on any atom is 0.241 e. The first-order valence-electron chi connectivity index (χ1n) is 9.48. The van der Waals surface area contributed by atoms with Gasteiger partial charge in [0.25, 0.3) is 0 Å². The number of rotatable bonds is 4. The number of ether oxygens (including phenoxy) is 2. The third kappa shape index (κ3) is 3.33. The Bertz CT molecular complexity index is 973. The zero-order valence-electron chi connectivity index (χ0n) is 15.3. The molecule has 0 spiro atoms. The molecular weight excluding hydrogens is 361 g/mol. The molecular formula is C21H20FN3O3. The van der Waals surface area contributed by atoms with Crippen LogP contribution in [-0.2, 0) is 6.54 Å². The lowest BCUT2D eigenvalue weighted by Crippen LogP contribution is -2.23. The van der Waals surface area contributed by atoms with Crippen molar-refractivity contribution >= 4 is 0 Å². The second kappa shape index (κ2) is 7.24. The van der Waals surface area contributed by atoms with E-state index in [4.69, 9.17) is 14.0 Å². The zero-order chi connectivity index (χ0) is 18.9. The maximum absolute atomic E-state index is 13.1. The minimum atomic E-state index is -0.285. The summed E-state index contributed by atoms with van der Waals surface area (Å²) in [5, 5.41) is 4.04. The fourth-order valence-corrected chi connectivity index (χ4v) is 3.87. The number of likely N-dealkylation sites (tertiary alicyclic amines) is 1. The minimum Gasteiger partial charge on any atom is -0.486 e. The highest BCUT2D eigenvalue weighted by Crippen LogP contribution is 2.38. The lowest BCUT2D eigenvalue weighted by atomic mass is 10.0. The molecule has 0 aliphatic carbocycles. The molecule has 3 aromatic rings. The summed E-state index contributed by atoms with van der Waals surface area (Å²) < 4.78 is 29.9. The van der Waals surface area contributed by atoms with Crippen molar-refractivity contribution in [3.05, 3.63) is 59.7 Å². The summed E-state index contributed by atoms with van der Waals surface area (Å²) in [6.45, 7) is 2.72. The molecule has 0 N–H and O–H groups in total. The van der Waals surface area contributed by atoms with E-state index in [9.17, 15) is 4.39 Å². The first kappa shape index (κ1) is 17.2. The van der Waals surface area contributed by atoms with Crippen molar-refractivity contribution in [1.29, 1.82) is 0 Å². The molecule has 5 rings (SSSR count). The zero-order valence-corrected chi connectivity index (χ0v) is 15.3. The fourth-order valence-electron chi connectivity index (χ4n) is 3.87. The van der Waals surface area contributed by atoms with E-state index in [-0.39, 0.29) is 11.9 Å². The summed E-state index contributed by atoms with van der Waals surface area (Å²) in [4.78, 5) is 6.83. The van der Waals surface area contributed by atoms with Gasteiger partial charge in [0.2, 0.25) is 11.7 Å². The second-order valence-corrected chi connectivity index (χ2v) is 7.05. The Balaban J connectivity index is 1.33. The third-order valence-corrected chi connectivity index (χ3v) is 5.22. The normalized spacial score (nSPS) is 19.1. The largest absolute Gasteiger partial charge is 0.486 e. The van der Waals surface area contributed by atoms with E-state index in [1.807, 2.05) is 6.07 Å². The van der Waals surface area contributed by atoms with Crippen molar-refractivity contribution in [2.75, 3.05) is 19.8 Å². The van der Waals surface area contributed by atoms with E-state index in [1.54, 1.807) is 12.1 Å². The van der Waals surface area contributed by atoms with Crippen molar-refractivity contribution in [3.63, 3.8) is 0 Å². The summed E-state index contributed by atoms with van der Waals surface area (Å²) in [6, 6.07) is 12.5. The smallest absolute Gasteiger partial charge is 0.241 e. The Morgan fingerprint density at radius 3 is 2.71 bits per heavy atom. The van der Waals surface area contributed by atoms with Gasteiger partial charge in [-0.15, -0.1) is 0 Å². The molecule has 1 unspecified atom stereocenters. The molecule has 0 bridgehead atoms. The lowest BCUT2D eigenvalue weighted by molar-refractivity contribution is 0.170. The highest BCUT2D eigenvalue weighted by molar-refractivity contribution is 5.53. The molecule has 1 aromatic heterocycles. The molecule has 6 nitrogen and oxygen atoms in total. The van der Waals surface area contributed by atoms with Gasteiger partial charge in [-0.25, -0.2) is 4.39 Å². The van der Waals surface area contributed by atoms with Crippen molar-refractivity contribution in [1.82, 2.24) is 15.0 Å². The highest BCUT2D eigenvalue weighted by atomic mass is 19.1. The number of benzene rings is 2. The van der Waals surface area contributed by atoms with Gasteiger partial charge in [-0.1, -0.05) is 11.2 Å². The van der Waals surface area contributed by atoms with Gasteiger partial charge < -0.3 is 14.0 Å². The maximum atomic E-state index is 13.1. The van der Waals surface area contributed by atoms with Crippen molar-refractivity contribution in [2.45, 2.75) is 25.4 Å². The Morgan fingerprint density at radius 1 is 1.04 bits per heavy atom. The van der Waals surface area contributed by atoms with Gasteiger partial charge in [0.1, 0.15) is 19.0 Å². The number of aromatic nitrogens is 2. The first-order chi connectivity index (χ1) is 13.8. The summed E-state index contributed by atoms with van der Waals surface area (Å²) in [5.41, 5.74) is 1.95. The van der Waals surface area contributed by atoms with Crippen LogP contribution in [0.1, 0.15) is 30.3 Å². The Labute approximate surface area is 161 Å². The van der Waals surface area contributed by atoms with Crippen LogP contribution in [0.25, 0.3) is 11.4 Å². The molecule has 1 atom stereocenters. The number of hydrogen-bond acceptors (Lipinski definition) is 6. The van der Waals surface area contributed by atoms with Crippen molar-refractivity contribution < 1.29 is 18.4 Å². The van der Waals surface area contributed by atoms with Crippen molar-refractivity contribution in [2.24, 2.45) is 0 Å². The van der Waals surface area contributed by atoms with Crippen LogP contribution in [0.5, 0.6) is 11.5 Å². The summed E-state index contributed by atoms with van der Waals surface area (Å²) in [6.07, 6.45) is 2.18. The Hall–Kier alpha value is -2.93. The van der Waals surface area contributed by atoms with E-state index in [2.05, 4.69) is 27.2 Å². The van der Waals surface area contributed by atoms with Gasteiger partial charge in [0.05, 0.1) is 6.54 Å². The van der Waals surface area contributed by atoms with Crippen LogP contribution >= 0.6 is 0 Å². The third-order valence-electron chi connectivity index (χ3n) is 5.22. The molecule has 144 valence electrons. The van der Waals surface area contributed by atoms with E-state index in [0.717, 1.165) is 36.4 Å². The first-order valence-corrected chi connectivity index (χ1v) is 9.48. The van der Waals surface area contributed by atoms with Crippen LogP contribution in [0.3, 0.4) is 0 Å². The Morgan fingerprint density at radius 2 is 1.86 bits per heavy atom. The van der Waals surface area contributed by atoms with Gasteiger partial charge >= 0.3 is 0 Å². The number of fused-ring (bicyclic) bond motifs is 1. The lowest BCUT2D eigenvalue weighted by Gasteiger charge is -2.25. The SMILES string of the molecule is Fc1ccc(-c2noc(CN3CCCC3c3ccc4c(c3)OCCO4)n2)cc1. The predicted molar refractivity (Wildman–Crippen MR) is 99.5 cm³/mol. The molecule has 1 fully saturated rings. The molecule has 1 saturated heterocycles. The summed E-state index contributed by atoms with van der Waals surface area (Å²) in [7, 11) is 0. The number of nitrogens with zero attached hydrogens (tertiary/aromatic N) is 3. The average molecular weight is 381 g/mol. The summed E-state index contributed by atoms with van der Waals surface area (Å²) in [5.74, 6) is 2.37. The molecule has 2 aromatic carbocycles.